The molecule has 3 heterocycles. The number of carbonyl (C=O) groups is 1. The van der Waals surface area contributed by atoms with Crippen LogP contribution >= 0.6 is 11.6 Å². The van der Waals surface area contributed by atoms with E-state index in [2.05, 4.69) is 64.2 Å². The van der Waals surface area contributed by atoms with Crippen molar-refractivity contribution in [2.45, 2.75) is 13.5 Å². The minimum Gasteiger partial charge on any atom is -0.337 e. The molecule has 1 amide bonds. The Hall–Kier alpha value is -3.15. The Bertz CT molecular complexity index is 1200. The number of halogens is 1. The molecule has 5 rings (SSSR count). The standard InChI is InChI=1S/C27H27ClN4O/c1-20-15-23(8-9-25(20)32-10-4-6-22-5-2-3-7-26(22)32)27(33)31-13-11-30(12-14-31)19-21-16-24(28)18-29-17-21/h2-9,15-18H,10-14,19H2,1H3. The molecule has 0 spiro atoms. The molecule has 0 unspecified atom stereocenters. The van der Waals surface area contributed by atoms with Crippen molar-refractivity contribution in [3.63, 3.8) is 0 Å². The summed E-state index contributed by atoms with van der Waals surface area (Å²) in [5, 5.41) is 0.657. The molecule has 2 aromatic carbocycles. The van der Waals surface area contributed by atoms with Crippen LogP contribution in [0, 0.1) is 6.92 Å². The molecule has 0 bridgehead atoms. The van der Waals surface area contributed by atoms with Crippen molar-refractivity contribution in [2.75, 3.05) is 37.6 Å². The summed E-state index contributed by atoms with van der Waals surface area (Å²) < 4.78 is 0. The highest BCUT2D eigenvalue weighted by molar-refractivity contribution is 6.30. The second-order valence-corrected chi connectivity index (χ2v) is 9.09. The third-order valence-electron chi connectivity index (χ3n) is 6.37. The molecule has 1 aromatic heterocycles. The number of fused-ring (bicyclic) bond motifs is 1. The number of aryl methyl sites for hydroxylation is 1. The van der Waals surface area contributed by atoms with Gasteiger partial charge < -0.3 is 9.80 Å². The number of pyridine rings is 1. The van der Waals surface area contributed by atoms with Gasteiger partial charge >= 0.3 is 0 Å². The Morgan fingerprint density at radius 3 is 2.61 bits per heavy atom. The minimum atomic E-state index is 0.104. The number of hydrogen-bond acceptors (Lipinski definition) is 4. The van der Waals surface area contributed by atoms with Crippen LogP contribution in [0.1, 0.15) is 27.0 Å². The van der Waals surface area contributed by atoms with E-state index in [1.54, 1.807) is 6.20 Å². The number of benzene rings is 2. The molecule has 0 aliphatic carbocycles. The molecular formula is C27H27ClN4O. The summed E-state index contributed by atoms with van der Waals surface area (Å²) in [4.78, 5) is 24.0. The van der Waals surface area contributed by atoms with E-state index in [-0.39, 0.29) is 5.91 Å². The Balaban J connectivity index is 1.25. The quantitative estimate of drug-likeness (QED) is 0.541. The Morgan fingerprint density at radius 1 is 1.00 bits per heavy atom. The van der Waals surface area contributed by atoms with Gasteiger partial charge in [0, 0.05) is 68.6 Å². The molecule has 33 heavy (non-hydrogen) atoms. The van der Waals surface area contributed by atoms with E-state index in [0.717, 1.165) is 61.6 Å². The highest BCUT2D eigenvalue weighted by Gasteiger charge is 2.23. The normalized spacial score (nSPS) is 16.1. The van der Waals surface area contributed by atoms with Crippen LogP contribution < -0.4 is 4.90 Å². The van der Waals surface area contributed by atoms with Crippen molar-refractivity contribution in [3.05, 3.63) is 94.3 Å². The van der Waals surface area contributed by atoms with Gasteiger partial charge in [-0.2, -0.15) is 0 Å². The van der Waals surface area contributed by atoms with Crippen LogP contribution in [0.15, 0.2) is 67.0 Å². The second kappa shape index (κ2) is 9.38. The van der Waals surface area contributed by atoms with Gasteiger partial charge in [0.15, 0.2) is 0 Å². The maximum absolute atomic E-state index is 13.2. The molecule has 5 nitrogen and oxygen atoms in total. The number of anilines is 2. The molecule has 2 aliphatic heterocycles. The summed E-state index contributed by atoms with van der Waals surface area (Å²) in [5.41, 5.74) is 6.52. The molecule has 0 atom stereocenters. The fourth-order valence-electron chi connectivity index (χ4n) is 4.67. The van der Waals surface area contributed by atoms with E-state index < -0.39 is 0 Å². The molecule has 1 saturated heterocycles. The first-order chi connectivity index (χ1) is 16.1. The molecule has 6 heteroatoms. The van der Waals surface area contributed by atoms with Crippen molar-refractivity contribution in [1.82, 2.24) is 14.8 Å². The van der Waals surface area contributed by atoms with Crippen molar-refractivity contribution in [2.24, 2.45) is 0 Å². The summed E-state index contributed by atoms with van der Waals surface area (Å²) in [7, 11) is 0. The van der Waals surface area contributed by atoms with E-state index in [4.69, 9.17) is 11.6 Å². The van der Waals surface area contributed by atoms with Crippen LogP contribution in [0.4, 0.5) is 11.4 Å². The van der Waals surface area contributed by atoms with Gasteiger partial charge in [0.1, 0.15) is 0 Å². The molecule has 0 radical (unpaired) electrons. The molecule has 1 fully saturated rings. The number of amides is 1. The van der Waals surface area contributed by atoms with Gasteiger partial charge in [0.05, 0.1) is 5.02 Å². The van der Waals surface area contributed by atoms with E-state index in [1.165, 1.54) is 11.3 Å². The zero-order valence-electron chi connectivity index (χ0n) is 18.7. The minimum absolute atomic E-state index is 0.104. The lowest BCUT2D eigenvalue weighted by Crippen LogP contribution is -2.48. The van der Waals surface area contributed by atoms with E-state index in [1.807, 2.05) is 29.3 Å². The summed E-state index contributed by atoms with van der Waals surface area (Å²) in [5.74, 6) is 0.104. The molecule has 0 N–H and O–H groups in total. The Labute approximate surface area is 199 Å². The van der Waals surface area contributed by atoms with Crippen LogP contribution in [-0.4, -0.2) is 53.4 Å². The van der Waals surface area contributed by atoms with Gasteiger partial charge in [0.25, 0.3) is 5.91 Å². The lowest BCUT2D eigenvalue weighted by atomic mass is 10.0. The van der Waals surface area contributed by atoms with Gasteiger partial charge in [-0.25, -0.2) is 0 Å². The fourth-order valence-corrected chi connectivity index (χ4v) is 4.87. The Morgan fingerprint density at radius 2 is 1.82 bits per heavy atom. The summed E-state index contributed by atoms with van der Waals surface area (Å²) in [6, 6.07) is 16.4. The summed E-state index contributed by atoms with van der Waals surface area (Å²) >= 11 is 6.05. The van der Waals surface area contributed by atoms with Crippen molar-refractivity contribution < 1.29 is 4.79 Å². The topological polar surface area (TPSA) is 39.7 Å². The number of rotatable bonds is 4. The number of para-hydroxylation sites is 1. The van der Waals surface area contributed by atoms with Crippen LogP contribution in [0.5, 0.6) is 0 Å². The maximum atomic E-state index is 13.2. The first kappa shape index (κ1) is 21.7. The summed E-state index contributed by atoms with van der Waals surface area (Å²) in [6.07, 6.45) is 7.85. The molecule has 0 saturated carbocycles. The predicted molar refractivity (Wildman–Crippen MR) is 134 cm³/mol. The zero-order valence-corrected chi connectivity index (χ0v) is 19.5. The molecule has 168 valence electrons. The number of nitrogens with zero attached hydrogens (tertiary/aromatic N) is 4. The van der Waals surface area contributed by atoms with Gasteiger partial charge in [-0.05, 0) is 53.9 Å². The average molecular weight is 459 g/mol. The van der Waals surface area contributed by atoms with Gasteiger partial charge in [-0.15, -0.1) is 0 Å². The molecule has 3 aromatic rings. The number of aromatic nitrogens is 1. The molecule has 2 aliphatic rings. The Kier molecular flexibility index (Phi) is 6.16. The average Bonchev–Trinajstić information content (AvgIpc) is 2.84. The third kappa shape index (κ3) is 4.65. The van der Waals surface area contributed by atoms with Gasteiger partial charge in [0.2, 0.25) is 0 Å². The van der Waals surface area contributed by atoms with Gasteiger partial charge in [-0.3, -0.25) is 14.7 Å². The highest BCUT2D eigenvalue weighted by atomic mass is 35.5. The molecular weight excluding hydrogens is 432 g/mol. The van der Waals surface area contributed by atoms with Crippen LogP contribution in [-0.2, 0) is 6.54 Å². The van der Waals surface area contributed by atoms with Gasteiger partial charge in [-0.1, -0.05) is 42.0 Å². The largest absolute Gasteiger partial charge is 0.337 e. The van der Waals surface area contributed by atoms with E-state index >= 15 is 0 Å². The van der Waals surface area contributed by atoms with E-state index in [0.29, 0.717) is 5.02 Å². The first-order valence-corrected chi connectivity index (χ1v) is 11.7. The van der Waals surface area contributed by atoms with Crippen LogP contribution in [0.3, 0.4) is 0 Å². The number of piperazine rings is 1. The monoisotopic (exact) mass is 458 g/mol. The first-order valence-electron chi connectivity index (χ1n) is 11.3. The van der Waals surface area contributed by atoms with E-state index in [9.17, 15) is 4.79 Å². The lowest BCUT2D eigenvalue weighted by molar-refractivity contribution is 0.0628. The second-order valence-electron chi connectivity index (χ2n) is 8.65. The number of carbonyl (C=O) groups excluding carboxylic acids is 1. The van der Waals surface area contributed by atoms with Crippen LogP contribution in [0.25, 0.3) is 6.08 Å². The highest BCUT2D eigenvalue weighted by Crippen LogP contribution is 2.34. The van der Waals surface area contributed by atoms with Crippen LogP contribution in [0.2, 0.25) is 5.02 Å². The lowest BCUT2D eigenvalue weighted by Gasteiger charge is -2.35. The van der Waals surface area contributed by atoms with Crippen molar-refractivity contribution >= 4 is 35.0 Å². The van der Waals surface area contributed by atoms with Crippen molar-refractivity contribution in [3.8, 4) is 0 Å². The fraction of sp³-hybridized carbons (Fsp3) is 0.259. The smallest absolute Gasteiger partial charge is 0.253 e. The zero-order chi connectivity index (χ0) is 22.8. The van der Waals surface area contributed by atoms with Crippen molar-refractivity contribution in [1.29, 1.82) is 0 Å². The summed E-state index contributed by atoms with van der Waals surface area (Å²) in [6.45, 7) is 6.84. The SMILES string of the molecule is Cc1cc(C(=O)N2CCN(Cc3cncc(Cl)c3)CC2)ccc1N1CC=Cc2ccccc21. The maximum Gasteiger partial charge on any atom is 0.253 e. The predicted octanol–water partition coefficient (Wildman–Crippen LogP) is 5.17. The number of hydrogen-bond donors (Lipinski definition) is 0. The third-order valence-corrected chi connectivity index (χ3v) is 6.58.